The van der Waals surface area contributed by atoms with Crippen molar-refractivity contribution < 1.29 is 5.11 Å². The van der Waals surface area contributed by atoms with Crippen molar-refractivity contribution in [3.63, 3.8) is 0 Å². The van der Waals surface area contributed by atoms with Gasteiger partial charge in [-0.1, -0.05) is 39.4 Å². The smallest absolute Gasteiger partial charge is 0.0790 e. The second kappa shape index (κ2) is 6.56. The average molecular weight is 309 g/mol. The SMILES string of the molecule is CCC(O)C1=C(\C)C=PCc2cc3ccccc3nc2\C=C\1. The fraction of sp³-hybridized carbons (Fsp3) is 0.263. The Morgan fingerprint density at radius 3 is 2.91 bits per heavy atom. The summed E-state index contributed by atoms with van der Waals surface area (Å²) in [7, 11) is 1.23. The molecule has 1 unspecified atom stereocenters. The summed E-state index contributed by atoms with van der Waals surface area (Å²) in [5.41, 5.74) is 5.44. The number of hydrogen-bond donors (Lipinski definition) is 1. The molecule has 3 rings (SSSR count). The Kier molecular flexibility index (Phi) is 4.52. The van der Waals surface area contributed by atoms with E-state index in [1.165, 1.54) is 19.2 Å². The molecule has 2 heterocycles. The topological polar surface area (TPSA) is 33.1 Å². The number of pyridine rings is 1. The Morgan fingerprint density at radius 1 is 1.27 bits per heavy atom. The Labute approximate surface area is 133 Å². The normalized spacial score (nSPS) is 21.6. The molecular formula is C19H20NOP. The van der Waals surface area contributed by atoms with Crippen molar-refractivity contribution in [1.82, 2.24) is 4.98 Å². The van der Waals surface area contributed by atoms with Crippen LogP contribution >= 0.6 is 8.20 Å². The second-order valence-corrected chi connectivity index (χ2v) is 6.53. The van der Waals surface area contributed by atoms with Gasteiger partial charge >= 0.3 is 0 Å². The number of para-hydroxylation sites is 1. The van der Waals surface area contributed by atoms with Gasteiger partial charge in [-0.15, -0.1) is 0 Å². The quantitative estimate of drug-likeness (QED) is 0.823. The summed E-state index contributed by atoms with van der Waals surface area (Å²) in [6.07, 6.45) is 5.34. The molecule has 0 radical (unpaired) electrons. The molecule has 22 heavy (non-hydrogen) atoms. The van der Waals surface area contributed by atoms with Crippen molar-refractivity contribution in [1.29, 1.82) is 0 Å². The van der Waals surface area contributed by atoms with Crippen LogP contribution in [-0.2, 0) is 6.16 Å². The maximum absolute atomic E-state index is 10.2. The molecule has 1 aliphatic heterocycles. The monoisotopic (exact) mass is 309 g/mol. The van der Waals surface area contributed by atoms with Gasteiger partial charge in [-0.05, 0) is 54.1 Å². The molecule has 1 aliphatic rings. The number of hydrogen-bond acceptors (Lipinski definition) is 2. The van der Waals surface area contributed by atoms with Gasteiger partial charge in [-0.25, -0.2) is 4.98 Å². The van der Waals surface area contributed by atoms with E-state index in [1.54, 1.807) is 0 Å². The molecule has 112 valence electrons. The van der Waals surface area contributed by atoms with Gasteiger partial charge in [-0.3, -0.25) is 0 Å². The van der Waals surface area contributed by atoms with Crippen LogP contribution in [0.3, 0.4) is 0 Å². The maximum Gasteiger partial charge on any atom is 0.0790 e. The van der Waals surface area contributed by atoms with Crippen LogP contribution in [0.15, 0.2) is 47.6 Å². The highest BCUT2D eigenvalue weighted by molar-refractivity contribution is 7.38. The number of aliphatic hydroxyl groups excluding tert-OH is 1. The van der Waals surface area contributed by atoms with Gasteiger partial charge in [0.1, 0.15) is 0 Å². The predicted octanol–water partition coefficient (Wildman–Crippen LogP) is 4.60. The Morgan fingerprint density at radius 2 is 2.09 bits per heavy atom. The average Bonchev–Trinajstić information content (AvgIpc) is 2.61. The van der Waals surface area contributed by atoms with Crippen molar-refractivity contribution >= 4 is 31.0 Å². The molecule has 1 N–H and O–H groups in total. The van der Waals surface area contributed by atoms with Crippen LogP contribution in [0.1, 0.15) is 31.5 Å². The van der Waals surface area contributed by atoms with Gasteiger partial charge in [-0.2, -0.15) is 0 Å². The minimum Gasteiger partial charge on any atom is -0.388 e. The van der Waals surface area contributed by atoms with Gasteiger partial charge in [0, 0.05) is 11.5 Å². The first-order chi connectivity index (χ1) is 10.7. The lowest BCUT2D eigenvalue weighted by Crippen LogP contribution is -2.09. The molecular weight excluding hydrogens is 289 g/mol. The number of fused-ring (bicyclic) bond motifs is 2. The first-order valence-corrected chi connectivity index (χ1v) is 8.79. The van der Waals surface area contributed by atoms with Crippen molar-refractivity contribution in [2.75, 3.05) is 0 Å². The van der Waals surface area contributed by atoms with E-state index in [1.807, 2.05) is 37.3 Å². The molecule has 0 bridgehead atoms. The largest absolute Gasteiger partial charge is 0.388 e. The highest BCUT2D eigenvalue weighted by Gasteiger charge is 2.11. The molecule has 0 fully saturated rings. The van der Waals surface area contributed by atoms with Gasteiger partial charge in [0.2, 0.25) is 0 Å². The van der Waals surface area contributed by atoms with Crippen LogP contribution in [0.5, 0.6) is 0 Å². The summed E-state index contributed by atoms with van der Waals surface area (Å²) in [5.74, 6) is 2.20. The summed E-state index contributed by atoms with van der Waals surface area (Å²) in [4.78, 5) is 4.79. The second-order valence-electron chi connectivity index (χ2n) is 5.59. The number of aromatic nitrogens is 1. The van der Waals surface area contributed by atoms with Gasteiger partial charge < -0.3 is 5.11 Å². The standard InChI is InChI=1S/C19H20NOP/c1-3-19(21)16-8-9-18-15(12-22-11-13(16)2)10-14-6-4-5-7-17(14)20-18/h4-11,19,21H,3,12H2,1-2H3/b9-8+,16-13+. The van der Waals surface area contributed by atoms with Crippen molar-refractivity contribution in [3.8, 4) is 0 Å². The highest BCUT2D eigenvalue weighted by Crippen LogP contribution is 2.25. The summed E-state index contributed by atoms with van der Waals surface area (Å²) in [6.45, 7) is 4.08. The molecule has 0 aliphatic carbocycles. The number of rotatable bonds is 2. The van der Waals surface area contributed by atoms with Gasteiger partial charge in [0.25, 0.3) is 0 Å². The highest BCUT2D eigenvalue weighted by atomic mass is 31.1. The van der Waals surface area contributed by atoms with E-state index in [0.29, 0.717) is 0 Å². The summed E-state index contributed by atoms with van der Waals surface area (Å²) < 4.78 is 0. The third kappa shape index (κ3) is 3.04. The lowest BCUT2D eigenvalue weighted by molar-refractivity contribution is 0.210. The van der Waals surface area contributed by atoms with E-state index in [2.05, 4.69) is 24.9 Å². The fourth-order valence-electron chi connectivity index (χ4n) is 2.69. The molecule has 1 aromatic carbocycles. The van der Waals surface area contributed by atoms with Crippen LogP contribution in [-0.4, -0.2) is 22.0 Å². The first-order valence-electron chi connectivity index (χ1n) is 7.64. The van der Waals surface area contributed by atoms with Crippen molar-refractivity contribution in [2.24, 2.45) is 0 Å². The van der Waals surface area contributed by atoms with Crippen LogP contribution in [0.25, 0.3) is 17.0 Å². The van der Waals surface area contributed by atoms with E-state index < -0.39 is 6.10 Å². The molecule has 1 atom stereocenters. The number of nitrogens with zero attached hydrogens (tertiary/aromatic N) is 1. The Hall–Kier alpha value is -1.76. The van der Waals surface area contributed by atoms with E-state index in [4.69, 9.17) is 4.98 Å². The van der Waals surface area contributed by atoms with Gasteiger partial charge in [0.05, 0.1) is 17.3 Å². The van der Waals surface area contributed by atoms with Crippen LogP contribution in [0.4, 0.5) is 0 Å². The minimum absolute atomic E-state index is 0.412. The van der Waals surface area contributed by atoms with E-state index in [9.17, 15) is 5.11 Å². The van der Waals surface area contributed by atoms with Crippen LogP contribution in [0, 0.1) is 0 Å². The van der Waals surface area contributed by atoms with Crippen LogP contribution < -0.4 is 0 Å². The lowest BCUT2D eigenvalue weighted by atomic mass is 10.0. The third-order valence-corrected chi connectivity index (χ3v) is 5.10. The number of allylic oxidation sites excluding steroid dienone is 1. The van der Waals surface area contributed by atoms with Crippen molar-refractivity contribution in [3.05, 3.63) is 58.8 Å². The molecule has 2 nitrogen and oxygen atoms in total. The van der Waals surface area contributed by atoms with Crippen molar-refractivity contribution in [2.45, 2.75) is 32.5 Å². The van der Waals surface area contributed by atoms with Gasteiger partial charge in [0.15, 0.2) is 0 Å². The van der Waals surface area contributed by atoms with E-state index in [0.717, 1.165) is 34.9 Å². The maximum atomic E-state index is 10.2. The number of benzene rings is 1. The summed E-state index contributed by atoms with van der Waals surface area (Å²) in [6, 6.07) is 10.5. The zero-order chi connectivity index (χ0) is 15.5. The Balaban J connectivity index is 2.12. The molecule has 1 aromatic heterocycles. The summed E-state index contributed by atoms with van der Waals surface area (Å²) >= 11 is 0. The van der Waals surface area contributed by atoms with E-state index in [-0.39, 0.29) is 0 Å². The minimum atomic E-state index is -0.412. The molecule has 0 spiro atoms. The summed E-state index contributed by atoms with van der Waals surface area (Å²) in [5, 5.41) is 11.4. The van der Waals surface area contributed by atoms with E-state index >= 15 is 0 Å². The first kappa shape index (κ1) is 15.1. The molecule has 0 saturated heterocycles. The molecule has 3 heteroatoms. The molecule has 2 aromatic rings. The zero-order valence-corrected chi connectivity index (χ0v) is 13.8. The third-order valence-electron chi connectivity index (χ3n) is 4.00. The predicted molar refractivity (Wildman–Crippen MR) is 96.5 cm³/mol. The Bertz CT molecular complexity index is 789. The number of aliphatic hydroxyl groups is 1. The zero-order valence-electron chi connectivity index (χ0n) is 13.0. The lowest BCUT2D eigenvalue weighted by Gasteiger charge is -2.11. The molecule has 0 saturated carbocycles. The fourth-order valence-corrected chi connectivity index (χ4v) is 3.66. The van der Waals surface area contributed by atoms with Crippen LogP contribution in [0.2, 0.25) is 0 Å². The molecule has 0 amide bonds.